The molecular formula is C23H27F3IN7O. The molecule has 2 heterocycles. The van der Waals surface area contributed by atoms with Crippen molar-refractivity contribution in [1.82, 2.24) is 30.5 Å². The lowest BCUT2D eigenvalue weighted by atomic mass is 9.82. The number of rotatable bonds is 5. The highest BCUT2D eigenvalue weighted by molar-refractivity contribution is 14.1. The average Bonchev–Trinajstić information content (AvgIpc) is 3.24. The van der Waals surface area contributed by atoms with Crippen LogP contribution in [0.5, 0.6) is 0 Å². The topological polar surface area (TPSA) is 108 Å². The predicted molar refractivity (Wildman–Crippen MR) is 136 cm³/mol. The molecule has 0 radical (unpaired) electrons. The number of aromatic amines is 1. The number of carbonyl (C=O) groups is 1. The maximum absolute atomic E-state index is 13.7. The number of alkyl halides is 4. The number of amides is 1. The van der Waals surface area contributed by atoms with Crippen molar-refractivity contribution in [3.8, 4) is 11.4 Å². The zero-order valence-corrected chi connectivity index (χ0v) is 21.7. The molecule has 1 fully saturated rings. The van der Waals surface area contributed by atoms with Gasteiger partial charge in [-0.15, -0.1) is 5.10 Å². The molecule has 12 heteroatoms. The molecule has 0 spiro atoms. The second-order valence-electron chi connectivity index (χ2n) is 8.11. The summed E-state index contributed by atoms with van der Waals surface area (Å²) in [6, 6.07) is 6.76. The number of benzene rings is 1. The molecule has 2 atom stereocenters. The Morgan fingerprint density at radius 2 is 1.83 bits per heavy atom. The van der Waals surface area contributed by atoms with Crippen LogP contribution in [0.15, 0.2) is 30.3 Å². The predicted octanol–water partition coefficient (Wildman–Crippen LogP) is 5.55. The first-order chi connectivity index (χ1) is 16.7. The summed E-state index contributed by atoms with van der Waals surface area (Å²) in [7, 11) is 0. The monoisotopic (exact) mass is 601 g/mol. The molecule has 2 aromatic heterocycles. The fraction of sp³-hybridized carbons (Fsp3) is 0.435. The molecule has 35 heavy (non-hydrogen) atoms. The van der Waals surface area contributed by atoms with Gasteiger partial charge in [-0.2, -0.15) is 18.2 Å². The van der Waals surface area contributed by atoms with E-state index in [1.165, 1.54) is 25.1 Å². The highest BCUT2D eigenvalue weighted by Gasteiger charge is 2.35. The van der Waals surface area contributed by atoms with Gasteiger partial charge in [0.2, 0.25) is 11.9 Å². The minimum atomic E-state index is -4.56. The van der Waals surface area contributed by atoms with E-state index in [9.17, 15) is 18.0 Å². The molecule has 8 nitrogen and oxygen atoms in total. The number of aryl methyl sites for hydroxylation is 1. The summed E-state index contributed by atoms with van der Waals surface area (Å²) in [6.45, 7) is 3.18. The van der Waals surface area contributed by atoms with Crippen LogP contribution in [0.25, 0.3) is 11.4 Å². The van der Waals surface area contributed by atoms with Crippen molar-refractivity contribution in [3.05, 3.63) is 47.4 Å². The number of nitrogens with zero attached hydrogens (tertiary/aromatic N) is 4. The van der Waals surface area contributed by atoms with Crippen molar-refractivity contribution in [1.29, 1.82) is 0 Å². The van der Waals surface area contributed by atoms with Gasteiger partial charge >= 0.3 is 6.18 Å². The normalized spacial score (nSPS) is 17.8. The number of carbonyl (C=O) groups excluding carboxylic acids is 1. The van der Waals surface area contributed by atoms with Crippen molar-refractivity contribution in [3.63, 3.8) is 0 Å². The molecule has 1 aromatic carbocycles. The van der Waals surface area contributed by atoms with Gasteiger partial charge < -0.3 is 10.6 Å². The summed E-state index contributed by atoms with van der Waals surface area (Å²) in [5, 5.41) is 12.7. The van der Waals surface area contributed by atoms with Crippen molar-refractivity contribution in [2.24, 2.45) is 0 Å². The van der Waals surface area contributed by atoms with Crippen LogP contribution < -0.4 is 10.6 Å². The quantitative estimate of drug-likeness (QED) is 0.262. The van der Waals surface area contributed by atoms with E-state index in [1.54, 1.807) is 13.0 Å². The maximum Gasteiger partial charge on any atom is 0.417 e. The molecule has 1 aliphatic rings. The van der Waals surface area contributed by atoms with Crippen molar-refractivity contribution in [2.45, 2.75) is 57.7 Å². The number of anilines is 2. The first kappa shape index (κ1) is 26.8. The van der Waals surface area contributed by atoms with Crippen LogP contribution in [0.1, 0.15) is 55.6 Å². The van der Waals surface area contributed by atoms with E-state index >= 15 is 0 Å². The van der Waals surface area contributed by atoms with Gasteiger partial charge in [0.1, 0.15) is 11.6 Å². The molecule has 0 saturated heterocycles. The largest absolute Gasteiger partial charge is 0.417 e. The van der Waals surface area contributed by atoms with E-state index in [1.807, 2.05) is 4.93 Å². The number of aromatic nitrogens is 5. The van der Waals surface area contributed by atoms with E-state index in [-0.39, 0.29) is 41.0 Å². The fourth-order valence-electron chi connectivity index (χ4n) is 4.20. The van der Waals surface area contributed by atoms with Crippen LogP contribution in [0.2, 0.25) is 0 Å². The molecule has 188 valence electrons. The number of H-pyrrole nitrogens is 1. The minimum absolute atomic E-state index is 0.0534. The SMILES string of the molecule is CC(=O)NC1CCCCC1c1cc(Nc2n[nH]c(C)n2)nc(-c2ccccc2C(F)(F)F)n1.CI. The van der Waals surface area contributed by atoms with Gasteiger partial charge in [0.05, 0.1) is 11.3 Å². The Hall–Kier alpha value is -2.77. The molecule has 0 aliphatic heterocycles. The van der Waals surface area contributed by atoms with E-state index in [2.05, 4.69) is 58.4 Å². The Balaban J connectivity index is 0.00000167. The number of hydrogen-bond donors (Lipinski definition) is 3. The summed E-state index contributed by atoms with van der Waals surface area (Å²) < 4.78 is 41.1. The van der Waals surface area contributed by atoms with E-state index in [4.69, 9.17) is 0 Å². The van der Waals surface area contributed by atoms with Crippen LogP contribution in [-0.2, 0) is 11.0 Å². The Bertz CT molecular complexity index is 1150. The Morgan fingerprint density at radius 3 is 2.49 bits per heavy atom. The summed E-state index contributed by atoms with van der Waals surface area (Å²) >= 11 is 2.15. The first-order valence-corrected chi connectivity index (χ1v) is 13.2. The van der Waals surface area contributed by atoms with Crippen molar-refractivity contribution in [2.75, 3.05) is 10.2 Å². The lowest BCUT2D eigenvalue weighted by Crippen LogP contribution is -2.40. The van der Waals surface area contributed by atoms with Gasteiger partial charge in [-0.3, -0.25) is 9.89 Å². The lowest BCUT2D eigenvalue weighted by Gasteiger charge is -2.32. The van der Waals surface area contributed by atoms with Gasteiger partial charge in [0.25, 0.3) is 0 Å². The van der Waals surface area contributed by atoms with Crippen LogP contribution in [0.3, 0.4) is 0 Å². The van der Waals surface area contributed by atoms with Crippen molar-refractivity contribution < 1.29 is 18.0 Å². The van der Waals surface area contributed by atoms with Crippen LogP contribution in [0.4, 0.5) is 24.9 Å². The zero-order valence-electron chi connectivity index (χ0n) is 19.6. The fourth-order valence-corrected chi connectivity index (χ4v) is 4.20. The van der Waals surface area contributed by atoms with Crippen LogP contribution in [0, 0.1) is 6.92 Å². The minimum Gasteiger partial charge on any atom is -0.353 e. The van der Waals surface area contributed by atoms with E-state index < -0.39 is 11.7 Å². The maximum atomic E-state index is 13.7. The Kier molecular flexibility index (Phi) is 9.03. The molecule has 1 amide bonds. The van der Waals surface area contributed by atoms with Gasteiger partial charge in [-0.05, 0) is 30.8 Å². The number of halogens is 4. The third kappa shape index (κ3) is 6.89. The van der Waals surface area contributed by atoms with Gasteiger partial charge in [-0.25, -0.2) is 9.97 Å². The standard InChI is InChI=1S/C22H24F3N7O.CH3I/c1-12-26-21(32-31-12)30-19-11-18(15-8-4-6-10-17(15)27-13(2)33)28-20(29-19)14-7-3-5-9-16(14)22(23,24)25;1-2/h3,5,7,9,11,15,17H,4,6,8,10H2,1-2H3,(H,27,33)(H2,26,28,29,30,31,32);1H3. The second kappa shape index (κ2) is 11.8. The summed E-state index contributed by atoms with van der Waals surface area (Å²) in [6.07, 6.45) is -1.15. The molecule has 4 rings (SSSR count). The molecule has 3 aromatic rings. The summed E-state index contributed by atoms with van der Waals surface area (Å²) in [4.78, 5) is 26.8. The summed E-state index contributed by atoms with van der Waals surface area (Å²) in [5.74, 6) is 0.733. The smallest absolute Gasteiger partial charge is 0.353 e. The Labute approximate surface area is 215 Å². The number of hydrogen-bond acceptors (Lipinski definition) is 6. The molecule has 0 bridgehead atoms. The third-order valence-electron chi connectivity index (χ3n) is 5.59. The molecule has 1 aliphatic carbocycles. The average molecular weight is 601 g/mol. The molecule has 3 N–H and O–H groups in total. The first-order valence-electron chi connectivity index (χ1n) is 11.1. The van der Waals surface area contributed by atoms with Gasteiger partial charge in [-0.1, -0.05) is 53.6 Å². The highest BCUT2D eigenvalue weighted by Crippen LogP contribution is 2.38. The van der Waals surface area contributed by atoms with E-state index in [0.29, 0.717) is 11.5 Å². The van der Waals surface area contributed by atoms with Crippen LogP contribution in [-0.4, -0.2) is 42.0 Å². The van der Waals surface area contributed by atoms with E-state index in [0.717, 1.165) is 31.7 Å². The summed E-state index contributed by atoms with van der Waals surface area (Å²) in [5.41, 5.74) is -0.373. The zero-order chi connectivity index (χ0) is 25.6. The van der Waals surface area contributed by atoms with Crippen LogP contribution >= 0.6 is 22.6 Å². The second-order valence-corrected chi connectivity index (χ2v) is 8.11. The third-order valence-corrected chi connectivity index (χ3v) is 5.59. The van der Waals surface area contributed by atoms with Gasteiger partial charge in [0.15, 0.2) is 5.82 Å². The molecular weight excluding hydrogens is 574 g/mol. The number of nitrogens with one attached hydrogen (secondary N) is 3. The van der Waals surface area contributed by atoms with Crippen molar-refractivity contribution >= 4 is 40.3 Å². The molecule has 1 saturated carbocycles. The lowest BCUT2D eigenvalue weighted by molar-refractivity contribution is -0.137. The Morgan fingerprint density at radius 1 is 1.11 bits per heavy atom. The highest BCUT2D eigenvalue weighted by atomic mass is 127. The van der Waals surface area contributed by atoms with Gasteiger partial charge in [0, 0.05) is 30.5 Å². The molecule has 2 unspecified atom stereocenters.